The van der Waals surface area contributed by atoms with Crippen LogP contribution in [0.15, 0.2) is 143 Å². The molecule has 0 bridgehead atoms. The Hall–Kier alpha value is -8.34. The van der Waals surface area contributed by atoms with Crippen molar-refractivity contribution < 1.29 is 50.5 Å². The molecular formula is C50H49N9O11S2. The smallest absolute Gasteiger partial charge is 0.407 e. The normalized spacial score (nSPS) is 11.6. The number of carboxylic acid groups (broad SMARTS) is 1. The number of ether oxygens (including phenoxy) is 4. The molecule has 0 fully saturated rings. The van der Waals surface area contributed by atoms with Crippen molar-refractivity contribution in [2.45, 2.75) is 42.6 Å². The molecule has 0 saturated heterocycles. The number of tetrazole rings is 1. The Morgan fingerprint density at radius 2 is 1.31 bits per heavy atom. The maximum Gasteiger partial charge on any atom is 0.407 e. The van der Waals surface area contributed by atoms with E-state index in [4.69, 9.17) is 29.0 Å². The number of carbonyl (C=O) groups is 2. The van der Waals surface area contributed by atoms with Gasteiger partial charge in [0.2, 0.25) is 15.8 Å². The highest BCUT2D eigenvalue weighted by molar-refractivity contribution is 7.93. The van der Waals surface area contributed by atoms with Crippen LogP contribution in [-0.2, 0) is 57.4 Å². The first-order chi connectivity index (χ1) is 34.7. The van der Waals surface area contributed by atoms with E-state index in [2.05, 4.69) is 25.9 Å². The zero-order chi connectivity index (χ0) is 50.8. The lowest BCUT2D eigenvalue weighted by molar-refractivity contribution is 0.139. The van der Waals surface area contributed by atoms with Crippen molar-refractivity contribution in [1.29, 1.82) is 0 Å². The molecule has 0 unspecified atom stereocenters. The quantitative estimate of drug-likeness (QED) is 0.0576. The van der Waals surface area contributed by atoms with Crippen molar-refractivity contribution in [1.82, 2.24) is 45.1 Å². The monoisotopic (exact) mass is 1020 g/mol. The highest BCUT2D eigenvalue weighted by Gasteiger charge is 2.38. The minimum absolute atomic E-state index is 0.0448. The number of aromatic amines is 1. The van der Waals surface area contributed by atoms with Crippen molar-refractivity contribution in [2.75, 3.05) is 33.6 Å². The number of imidazole rings is 1. The number of benzene rings is 6. The summed E-state index contributed by atoms with van der Waals surface area (Å²) < 4.78 is 84.1. The lowest BCUT2D eigenvalue weighted by Gasteiger charge is -2.26. The standard InChI is InChI=1S/C50H49N9O11S2/c1-67-37-18-12-33(13-19-37)29-58(30-34-14-20-38(68-2)21-15-34)72(65,66)47-43(71(63,64)27-26-51-49(60)61)25-24-40(45(47)48-55-57-59(56-48)31-35-16-22-39(69-3)23-17-35)41-10-7-11-42-46(41)54-44(53-42)28-52-50(62)70-32-36-8-5-4-6-9-36/h4-25,51H,26-32H2,1-3H3,(H,52,62)(H,53,54)(H,60,61). The summed E-state index contributed by atoms with van der Waals surface area (Å²) in [6, 6.07) is 37.5. The number of nitrogens with zero attached hydrogens (tertiary/aromatic N) is 6. The van der Waals surface area contributed by atoms with Crippen LogP contribution >= 0.6 is 0 Å². The van der Waals surface area contributed by atoms with Gasteiger partial charge >= 0.3 is 12.2 Å². The van der Waals surface area contributed by atoms with Crippen LogP contribution in [0.25, 0.3) is 33.5 Å². The number of para-hydroxylation sites is 1. The average Bonchev–Trinajstić information content (AvgIpc) is 4.04. The van der Waals surface area contributed by atoms with Crippen LogP contribution in [0.3, 0.4) is 0 Å². The van der Waals surface area contributed by atoms with E-state index in [0.717, 1.165) is 15.4 Å². The molecule has 2 heterocycles. The van der Waals surface area contributed by atoms with Crippen molar-refractivity contribution in [2.24, 2.45) is 0 Å². The summed E-state index contributed by atoms with van der Waals surface area (Å²) in [5.41, 5.74) is 3.71. The minimum Gasteiger partial charge on any atom is -0.497 e. The van der Waals surface area contributed by atoms with Gasteiger partial charge in [-0.05, 0) is 81.6 Å². The summed E-state index contributed by atoms with van der Waals surface area (Å²) in [5.74, 6) is 0.934. The number of alkyl carbamates (subject to hydrolysis) is 1. The molecule has 8 rings (SSSR count). The van der Waals surface area contributed by atoms with Gasteiger partial charge in [0.1, 0.15) is 34.6 Å². The summed E-state index contributed by atoms with van der Waals surface area (Å²) in [7, 11) is -5.11. The van der Waals surface area contributed by atoms with Gasteiger partial charge in [0.05, 0.1) is 61.7 Å². The van der Waals surface area contributed by atoms with E-state index < -0.39 is 54.1 Å². The fraction of sp³-hybridized carbons (Fsp3) is 0.200. The first-order valence-electron chi connectivity index (χ1n) is 22.2. The summed E-state index contributed by atoms with van der Waals surface area (Å²) in [5, 5.41) is 27.6. The predicted molar refractivity (Wildman–Crippen MR) is 264 cm³/mol. The predicted octanol–water partition coefficient (Wildman–Crippen LogP) is 6.82. The average molecular weight is 1020 g/mol. The first-order valence-corrected chi connectivity index (χ1v) is 25.3. The van der Waals surface area contributed by atoms with Gasteiger partial charge < -0.3 is 39.7 Å². The number of carbonyl (C=O) groups excluding carboxylic acids is 1. The Morgan fingerprint density at radius 1 is 0.694 bits per heavy atom. The van der Waals surface area contributed by atoms with Gasteiger partial charge in [-0.15, -0.1) is 10.2 Å². The van der Waals surface area contributed by atoms with Crippen molar-refractivity contribution >= 4 is 43.1 Å². The zero-order valence-corrected chi connectivity index (χ0v) is 40.8. The van der Waals surface area contributed by atoms with E-state index in [1.54, 1.807) is 98.1 Å². The summed E-state index contributed by atoms with van der Waals surface area (Å²) >= 11 is 0. The molecular weight excluding hydrogens is 967 g/mol. The third-order valence-corrected chi connectivity index (χ3v) is 15.1. The van der Waals surface area contributed by atoms with Crippen LogP contribution in [0.5, 0.6) is 17.2 Å². The number of sulfone groups is 1. The number of fused-ring (bicyclic) bond motifs is 1. The Bertz CT molecular complexity index is 3360. The van der Waals surface area contributed by atoms with Crippen LogP contribution in [0.4, 0.5) is 9.59 Å². The molecule has 20 nitrogen and oxygen atoms in total. The van der Waals surface area contributed by atoms with Crippen LogP contribution in [0.1, 0.15) is 28.1 Å². The lowest BCUT2D eigenvalue weighted by Crippen LogP contribution is -2.33. The van der Waals surface area contributed by atoms with Crippen LogP contribution in [0.2, 0.25) is 0 Å². The van der Waals surface area contributed by atoms with Gasteiger partial charge in [-0.1, -0.05) is 84.9 Å². The molecule has 2 amide bonds. The van der Waals surface area contributed by atoms with Gasteiger partial charge in [0, 0.05) is 25.2 Å². The first kappa shape index (κ1) is 50.1. The summed E-state index contributed by atoms with van der Waals surface area (Å²) in [6.07, 6.45) is -2.16. The molecule has 372 valence electrons. The Kier molecular flexibility index (Phi) is 15.4. The fourth-order valence-electron chi connectivity index (χ4n) is 7.76. The maximum atomic E-state index is 16.1. The lowest BCUT2D eigenvalue weighted by atomic mass is 9.98. The molecule has 0 aliphatic carbocycles. The number of hydrogen-bond donors (Lipinski definition) is 4. The van der Waals surface area contributed by atoms with Crippen LogP contribution < -0.4 is 24.8 Å². The molecule has 4 N–H and O–H groups in total. The molecule has 2 aromatic heterocycles. The molecule has 0 radical (unpaired) electrons. The molecule has 0 atom stereocenters. The number of methoxy groups -OCH3 is 3. The van der Waals surface area contributed by atoms with Crippen molar-refractivity contribution in [3.8, 4) is 39.8 Å². The molecule has 0 aliphatic rings. The van der Waals surface area contributed by atoms with Gasteiger partial charge in [-0.2, -0.15) is 9.10 Å². The van der Waals surface area contributed by atoms with E-state index in [9.17, 15) is 23.1 Å². The fourth-order valence-corrected chi connectivity index (χ4v) is 11.4. The number of aromatic nitrogens is 6. The third-order valence-electron chi connectivity index (χ3n) is 11.4. The van der Waals surface area contributed by atoms with E-state index in [-0.39, 0.29) is 49.7 Å². The molecule has 0 saturated carbocycles. The summed E-state index contributed by atoms with van der Waals surface area (Å²) in [4.78, 5) is 32.3. The maximum absolute atomic E-state index is 16.1. The van der Waals surface area contributed by atoms with Gasteiger partial charge in [-0.3, -0.25) is 0 Å². The number of sulfonamides is 1. The Labute approximate surface area is 414 Å². The van der Waals surface area contributed by atoms with E-state index in [1.807, 2.05) is 30.3 Å². The number of rotatable bonds is 21. The second-order valence-corrected chi connectivity index (χ2v) is 20.1. The highest BCUT2D eigenvalue weighted by Crippen LogP contribution is 2.43. The largest absolute Gasteiger partial charge is 0.497 e. The Balaban J connectivity index is 1.31. The molecule has 22 heteroatoms. The van der Waals surface area contributed by atoms with Crippen molar-refractivity contribution in [3.05, 3.63) is 162 Å². The molecule has 0 aliphatic heterocycles. The second kappa shape index (κ2) is 22.2. The SMILES string of the molecule is COc1ccc(CN(Cc2ccc(OC)cc2)S(=O)(=O)c2c(S(=O)(=O)CCNC(=O)O)ccc(-c3cccc4[nH]c(CNC(=O)OCc5ccccc5)nc34)c2-c2nnn(Cc3ccc(OC)cc3)n2)cc1. The van der Waals surface area contributed by atoms with Gasteiger partial charge in [0.15, 0.2) is 9.84 Å². The van der Waals surface area contributed by atoms with Crippen LogP contribution in [-0.4, -0.2) is 102 Å². The van der Waals surface area contributed by atoms with E-state index in [0.29, 0.717) is 50.8 Å². The topological polar surface area (TPSA) is 259 Å². The van der Waals surface area contributed by atoms with Gasteiger partial charge in [-0.25, -0.2) is 31.4 Å². The summed E-state index contributed by atoms with van der Waals surface area (Å²) in [6.45, 7) is -1.02. The van der Waals surface area contributed by atoms with E-state index >= 15 is 8.42 Å². The molecule has 72 heavy (non-hydrogen) atoms. The number of nitrogens with one attached hydrogen (secondary N) is 3. The molecule has 0 spiro atoms. The molecule has 8 aromatic rings. The van der Waals surface area contributed by atoms with E-state index in [1.165, 1.54) is 31.1 Å². The highest BCUT2D eigenvalue weighted by atomic mass is 32.2. The van der Waals surface area contributed by atoms with Crippen molar-refractivity contribution in [3.63, 3.8) is 0 Å². The number of hydrogen-bond acceptors (Lipinski definition) is 14. The molecule has 6 aromatic carbocycles. The van der Waals surface area contributed by atoms with Gasteiger partial charge in [0.25, 0.3) is 0 Å². The number of amides is 2. The van der Waals surface area contributed by atoms with Crippen LogP contribution in [0, 0.1) is 0 Å². The Morgan fingerprint density at radius 3 is 1.90 bits per heavy atom. The number of H-pyrrole nitrogens is 1. The second-order valence-electron chi connectivity index (χ2n) is 16.1. The third kappa shape index (κ3) is 11.8. The minimum atomic E-state index is -5.01. The zero-order valence-electron chi connectivity index (χ0n) is 39.2.